The molecule has 4 heteroatoms. The van der Waals surface area contributed by atoms with Gasteiger partial charge in [-0.05, 0) is 38.1 Å². The van der Waals surface area contributed by atoms with Gasteiger partial charge < -0.3 is 14.2 Å². The molecule has 0 N–H and O–H groups in total. The third kappa shape index (κ3) is 3.19. The highest BCUT2D eigenvalue weighted by Crippen LogP contribution is 2.23. The van der Waals surface area contributed by atoms with Gasteiger partial charge in [-0.3, -0.25) is 0 Å². The van der Waals surface area contributed by atoms with Gasteiger partial charge in [-0.1, -0.05) is 0 Å². The van der Waals surface area contributed by atoms with E-state index in [9.17, 15) is 0 Å². The quantitative estimate of drug-likeness (QED) is 0.802. The molecule has 2 rings (SSSR count). The second kappa shape index (κ2) is 4.74. The smallest absolute Gasteiger partial charge is 0.163 e. The molecule has 1 fully saturated rings. The van der Waals surface area contributed by atoms with E-state index in [2.05, 4.69) is 6.07 Å². The molecule has 0 aromatic heterocycles. The van der Waals surface area contributed by atoms with Crippen LogP contribution in [0.1, 0.15) is 19.4 Å². The molecule has 1 aliphatic heterocycles. The first-order valence-corrected chi connectivity index (χ1v) is 5.54. The van der Waals surface area contributed by atoms with Gasteiger partial charge >= 0.3 is 0 Å². The molecular weight excluding hydrogens is 218 g/mol. The van der Waals surface area contributed by atoms with Gasteiger partial charge in [-0.2, -0.15) is 5.26 Å². The van der Waals surface area contributed by atoms with E-state index in [0.717, 1.165) is 5.75 Å². The summed E-state index contributed by atoms with van der Waals surface area (Å²) >= 11 is 0. The van der Waals surface area contributed by atoms with Gasteiger partial charge in [0.05, 0.1) is 18.2 Å². The second-order valence-electron chi connectivity index (χ2n) is 4.40. The Bertz CT molecular complexity index is 419. The summed E-state index contributed by atoms with van der Waals surface area (Å²) in [4.78, 5) is 0. The molecule has 0 saturated carbocycles. The molecule has 0 aliphatic carbocycles. The molecule has 0 bridgehead atoms. The molecule has 1 aromatic carbocycles. The lowest BCUT2D eigenvalue weighted by Crippen LogP contribution is -2.25. The predicted molar refractivity (Wildman–Crippen MR) is 61.6 cm³/mol. The van der Waals surface area contributed by atoms with Crippen molar-refractivity contribution in [3.05, 3.63) is 29.8 Å². The zero-order valence-electron chi connectivity index (χ0n) is 9.97. The first kappa shape index (κ1) is 11.9. The van der Waals surface area contributed by atoms with E-state index in [-0.39, 0.29) is 6.10 Å². The Morgan fingerprint density at radius 1 is 1.41 bits per heavy atom. The third-order valence-electron chi connectivity index (χ3n) is 2.49. The van der Waals surface area contributed by atoms with Gasteiger partial charge in [0, 0.05) is 0 Å². The van der Waals surface area contributed by atoms with E-state index in [1.54, 1.807) is 24.3 Å². The highest BCUT2D eigenvalue weighted by Gasteiger charge is 2.32. The van der Waals surface area contributed by atoms with Gasteiger partial charge in [-0.15, -0.1) is 0 Å². The zero-order valence-corrected chi connectivity index (χ0v) is 9.97. The van der Waals surface area contributed by atoms with Crippen LogP contribution in [-0.4, -0.2) is 25.1 Å². The van der Waals surface area contributed by atoms with Crippen LogP contribution in [0.5, 0.6) is 5.75 Å². The molecule has 1 atom stereocenters. The minimum Gasteiger partial charge on any atom is -0.491 e. The van der Waals surface area contributed by atoms with Gasteiger partial charge in [0.1, 0.15) is 18.5 Å². The number of ether oxygens (including phenoxy) is 3. The van der Waals surface area contributed by atoms with Crippen molar-refractivity contribution in [3.8, 4) is 11.8 Å². The Morgan fingerprint density at radius 2 is 2.12 bits per heavy atom. The lowest BCUT2D eigenvalue weighted by Gasteiger charge is -2.17. The van der Waals surface area contributed by atoms with Crippen molar-refractivity contribution in [2.75, 3.05) is 13.2 Å². The lowest BCUT2D eigenvalue weighted by molar-refractivity contribution is -0.141. The van der Waals surface area contributed by atoms with Gasteiger partial charge in [0.2, 0.25) is 0 Å². The van der Waals surface area contributed by atoms with E-state index in [0.29, 0.717) is 18.8 Å². The topological polar surface area (TPSA) is 51.5 Å². The van der Waals surface area contributed by atoms with Crippen molar-refractivity contribution in [2.45, 2.75) is 25.7 Å². The van der Waals surface area contributed by atoms with E-state index < -0.39 is 5.79 Å². The number of hydrogen-bond acceptors (Lipinski definition) is 4. The standard InChI is InChI=1S/C13H15NO3/c1-13(2)16-9-12(17-13)8-15-11-5-3-10(7-14)4-6-11/h3-6,12H,8-9H2,1-2H3/t12-/m0/s1. The highest BCUT2D eigenvalue weighted by molar-refractivity contribution is 5.34. The first-order chi connectivity index (χ1) is 8.09. The Balaban J connectivity index is 1.84. The average molecular weight is 233 g/mol. The number of benzene rings is 1. The van der Waals surface area contributed by atoms with Gasteiger partial charge in [0.25, 0.3) is 0 Å². The normalized spacial score (nSPS) is 22.1. The summed E-state index contributed by atoms with van der Waals surface area (Å²) in [5.74, 6) is 0.218. The fraction of sp³-hybridized carbons (Fsp3) is 0.462. The Kier molecular flexibility index (Phi) is 3.32. The van der Waals surface area contributed by atoms with Crippen LogP contribution in [0, 0.1) is 11.3 Å². The van der Waals surface area contributed by atoms with Crippen LogP contribution in [0.15, 0.2) is 24.3 Å². The van der Waals surface area contributed by atoms with Crippen molar-refractivity contribution in [1.29, 1.82) is 5.26 Å². The first-order valence-electron chi connectivity index (χ1n) is 5.54. The average Bonchev–Trinajstić information content (AvgIpc) is 2.67. The third-order valence-corrected chi connectivity index (χ3v) is 2.49. The summed E-state index contributed by atoms with van der Waals surface area (Å²) in [6, 6.07) is 9.07. The molecule has 1 aromatic rings. The summed E-state index contributed by atoms with van der Waals surface area (Å²) in [7, 11) is 0. The maximum absolute atomic E-state index is 8.66. The molecule has 17 heavy (non-hydrogen) atoms. The van der Waals surface area contributed by atoms with E-state index in [1.165, 1.54) is 0 Å². The highest BCUT2D eigenvalue weighted by atomic mass is 16.7. The summed E-state index contributed by atoms with van der Waals surface area (Å²) in [5.41, 5.74) is 0.624. The summed E-state index contributed by atoms with van der Waals surface area (Å²) < 4.78 is 16.6. The Morgan fingerprint density at radius 3 is 2.65 bits per heavy atom. The summed E-state index contributed by atoms with van der Waals surface area (Å²) in [5, 5.41) is 8.66. The minimum atomic E-state index is -0.515. The van der Waals surface area contributed by atoms with Crippen LogP contribution in [-0.2, 0) is 9.47 Å². The zero-order chi connectivity index (χ0) is 12.3. The summed E-state index contributed by atoms with van der Waals surface area (Å²) in [6.45, 7) is 4.77. The molecule has 1 heterocycles. The van der Waals surface area contributed by atoms with Gasteiger partial charge in [-0.25, -0.2) is 0 Å². The van der Waals surface area contributed by atoms with E-state index in [4.69, 9.17) is 19.5 Å². The van der Waals surface area contributed by atoms with Crippen LogP contribution < -0.4 is 4.74 Å². The van der Waals surface area contributed by atoms with Crippen LogP contribution >= 0.6 is 0 Å². The summed E-state index contributed by atoms with van der Waals surface area (Å²) in [6.07, 6.45) is -0.0411. The van der Waals surface area contributed by atoms with Crippen molar-refractivity contribution in [2.24, 2.45) is 0 Å². The van der Waals surface area contributed by atoms with E-state index in [1.807, 2.05) is 13.8 Å². The molecular formula is C13H15NO3. The predicted octanol–water partition coefficient (Wildman–Crippen LogP) is 2.09. The maximum atomic E-state index is 8.66. The van der Waals surface area contributed by atoms with Crippen LogP contribution in [0.25, 0.3) is 0 Å². The van der Waals surface area contributed by atoms with Crippen molar-refractivity contribution >= 4 is 0 Å². The molecule has 0 radical (unpaired) electrons. The Hall–Kier alpha value is -1.57. The van der Waals surface area contributed by atoms with Crippen LogP contribution in [0.2, 0.25) is 0 Å². The minimum absolute atomic E-state index is 0.0411. The Labute approximate surface area is 101 Å². The van der Waals surface area contributed by atoms with Crippen molar-refractivity contribution < 1.29 is 14.2 Å². The molecule has 1 aliphatic rings. The van der Waals surface area contributed by atoms with Crippen LogP contribution in [0.3, 0.4) is 0 Å². The molecule has 0 unspecified atom stereocenters. The van der Waals surface area contributed by atoms with E-state index >= 15 is 0 Å². The number of nitrogens with zero attached hydrogens (tertiary/aromatic N) is 1. The number of rotatable bonds is 3. The van der Waals surface area contributed by atoms with Crippen LogP contribution in [0.4, 0.5) is 0 Å². The largest absolute Gasteiger partial charge is 0.491 e. The number of nitriles is 1. The van der Waals surface area contributed by atoms with Gasteiger partial charge in [0.15, 0.2) is 5.79 Å². The van der Waals surface area contributed by atoms with Crippen molar-refractivity contribution in [3.63, 3.8) is 0 Å². The fourth-order valence-electron chi connectivity index (χ4n) is 1.66. The fourth-order valence-corrected chi connectivity index (χ4v) is 1.66. The molecule has 0 spiro atoms. The monoisotopic (exact) mass is 233 g/mol. The maximum Gasteiger partial charge on any atom is 0.163 e. The second-order valence-corrected chi connectivity index (χ2v) is 4.40. The molecule has 1 saturated heterocycles. The lowest BCUT2D eigenvalue weighted by atomic mass is 10.2. The molecule has 4 nitrogen and oxygen atoms in total. The molecule has 90 valence electrons. The number of hydrogen-bond donors (Lipinski definition) is 0. The van der Waals surface area contributed by atoms with Crippen molar-refractivity contribution in [1.82, 2.24) is 0 Å². The molecule has 0 amide bonds. The SMILES string of the molecule is CC1(C)OC[C@H](COc2ccc(C#N)cc2)O1.